The Morgan fingerprint density at radius 1 is 1.22 bits per heavy atom. The van der Waals surface area contributed by atoms with E-state index in [4.69, 9.17) is 4.42 Å². The Bertz CT molecular complexity index is 780. The second-order valence-corrected chi connectivity index (χ2v) is 3.81. The van der Waals surface area contributed by atoms with Crippen LogP contribution in [0.15, 0.2) is 50.5 Å². The molecule has 18 heavy (non-hydrogen) atoms. The molecule has 0 spiro atoms. The van der Waals surface area contributed by atoms with E-state index in [1.807, 2.05) is 24.3 Å². The van der Waals surface area contributed by atoms with E-state index < -0.39 is 11.2 Å². The zero-order valence-electron chi connectivity index (χ0n) is 9.29. The van der Waals surface area contributed by atoms with E-state index in [0.717, 1.165) is 5.52 Å². The molecule has 90 valence electrons. The van der Waals surface area contributed by atoms with Gasteiger partial charge in [-0.3, -0.25) is 14.3 Å². The fraction of sp³-hybridized carbons (Fsp3) is 0.0833. The molecule has 0 atom stereocenters. The Kier molecular flexibility index (Phi) is 2.33. The molecule has 0 aliphatic rings. The van der Waals surface area contributed by atoms with Crippen LogP contribution in [-0.2, 0) is 6.54 Å². The number of benzene rings is 1. The van der Waals surface area contributed by atoms with Gasteiger partial charge in [0.05, 0.1) is 0 Å². The largest absolute Gasteiger partial charge is 0.439 e. The lowest BCUT2D eigenvalue weighted by molar-refractivity contribution is 0.500. The van der Waals surface area contributed by atoms with Crippen molar-refractivity contribution in [2.75, 3.05) is 0 Å². The summed E-state index contributed by atoms with van der Waals surface area (Å²) in [6.45, 7) is 0.185. The first kappa shape index (κ1) is 10.5. The molecular weight excluding hydrogens is 234 g/mol. The summed E-state index contributed by atoms with van der Waals surface area (Å²) in [7, 11) is 0. The SMILES string of the molecule is O=c1ccn(Cc2nc3ccccc3o2)c(=O)[nH]1. The fourth-order valence-electron chi connectivity index (χ4n) is 1.70. The maximum absolute atomic E-state index is 11.5. The maximum atomic E-state index is 11.5. The van der Waals surface area contributed by atoms with Crippen LogP contribution in [0.2, 0.25) is 0 Å². The number of fused-ring (bicyclic) bond motifs is 1. The second-order valence-electron chi connectivity index (χ2n) is 3.81. The molecule has 1 N–H and O–H groups in total. The van der Waals surface area contributed by atoms with Crippen LogP contribution >= 0.6 is 0 Å². The highest BCUT2D eigenvalue weighted by atomic mass is 16.3. The third-order valence-electron chi connectivity index (χ3n) is 2.54. The predicted molar refractivity (Wildman–Crippen MR) is 64.4 cm³/mol. The molecule has 6 heteroatoms. The van der Waals surface area contributed by atoms with E-state index in [0.29, 0.717) is 11.5 Å². The van der Waals surface area contributed by atoms with Gasteiger partial charge in [-0.2, -0.15) is 0 Å². The highest BCUT2D eigenvalue weighted by molar-refractivity contribution is 5.72. The number of oxazole rings is 1. The van der Waals surface area contributed by atoms with Crippen LogP contribution in [0.1, 0.15) is 5.89 Å². The minimum atomic E-state index is -0.482. The van der Waals surface area contributed by atoms with Crippen molar-refractivity contribution in [3.63, 3.8) is 0 Å². The maximum Gasteiger partial charge on any atom is 0.328 e. The van der Waals surface area contributed by atoms with E-state index in [1.165, 1.54) is 16.8 Å². The highest BCUT2D eigenvalue weighted by Crippen LogP contribution is 2.14. The Labute approximate surface area is 101 Å². The number of hydrogen-bond donors (Lipinski definition) is 1. The Morgan fingerprint density at radius 2 is 2.06 bits per heavy atom. The Balaban J connectivity index is 2.01. The average Bonchev–Trinajstić information content (AvgIpc) is 2.75. The van der Waals surface area contributed by atoms with Gasteiger partial charge < -0.3 is 4.42 Å². The predicted octanol–water partition coefficient (Wildman–Crippen LogP) is 0.726. The van der Waals surface area contributed by atoms with Gasteiger partial charge in [0, 0.05) is 12.3 Å². The smallest absolute Gasteiger partial charge is 0.328 e. The Morgan fingerprint density at radius 3 is 2.83 bits per heavy atom. The lowest BCUT2D eigenvalue weighted by Gasteiger charge is -1.99. The number of nitrogens with zero attached hydrogens (tertiary/aromatic N) is 2. The van der Waals surface area contributed by atoms with Crippen LogP contribution in [0.4, 0.5) is 0 Å². The van der Waals surface area contributed by atoms with Gasteiger partial charge in [0.15, 0.2) is 5.58 Å². The quantitative estimate of drug-likeness (QED) is 0.719. The minimum Gasteiger partial charge on any atom is -0.439 e. The molecular formula is C12H9N3O3. The third-order valence-corrected chi connectivity index (χ3v) is 2.54. The lowest BCUT2D eigenvalue weighted by atomic mass is 10.3. The monoisotopic (exact) mass is 243 g/mol. The number of H-pyrrole nitrogens is 1. The molecule has 0 aliphatic heterocycles. The normalized spacial score (nSPS) is 10.9. The van der Waals surface area contributed by atoms with Crippen LogP contribution < -0.4 is 11.2 Å². The van der Waals surface area contributed by atoms with Crippen molar-refractivity contribution in [3.8, 4) is 0 Å². The number of para-hydroxylation sites is 2. The summed E-state index contributed by atoms with van der Waals surface area (Å²) in [5, 5.41) is 0. The minimum absolute atomic E-state index is 0.185. The van der Waals surface area contributed by atoms with Crippen molar-refractivity contribution < 1.29 is 4.42 Å². The molecule has 0 saturated carbocycles. The number of hydrogen-bond acceptors (Lipinski definition) is 4. The average molecular weight is 243 g/mol. The third kappa shape index (κ3) is 1.84. The van der Waals surface area contributed by atoms with Crippen molar-refractivity contribution in [2.24, 2.45) is 0 Å². The van der Waals surface area contributed by atoms with Crippen LogP contribution in [0.25, 0.3) is 11.1 Å². The van der Waals surface area contributed by atoms with E-state index in [9.17, 15) is 9.59 Å². The number of nitrogens with one attached hydrogen (secondary N) is 1. The first-order chi connectivity index (χ1) is 8.72. The van der Waals surface area contributed by atoms with E-state index in [1.54, 1.807) is 0 Å². The van der Waals surface area contributed by atoms with Gasteiger partial charge in [-0.25, -0.2) is 9.78 Å². The molecule has 1 aromatic carbocycles. The summed E-state index contributed by atoms with van der Waals surface area (Å²) in [5.74, 6) is 0.422. The molecule has 0 fully saturated rings. The van der Waals surface area contributed by atoms with Crippen molar-refractivity contribution in [1.29, 1.82) is 0 Å². The standard InChI is InChI=1S/C12H9N3O3/c16-10-5-6-15(12(17)14-10)7-11-13-8-3-1-2-4-9(8)18-11/h1-6H,7H2,(H,14,16,17). The molecule has 0 amide bonds. The van der Waals surface area contributed by atoms with E-state index in [2.05, 4.69) is 9.97 Å². The van der Waals surface area contributed by atoms with Gasteiger partial charge in [0.1, 0.15) is 12.1 Å². The summed E-state index contributed by atoms with van der Waals surface area (Å²) in [6.07, 6.45) is 1.41. The van der Waals surface area contributed by atoms with Gasteiger partial charge in [-0.1, -0.05) is 12.1 Å². The van der Waals surface area contributed by atoms with Crippen LogP contribution in [0, 0.1) is 0 Å². The molecule has 0 unspecified atom stereocenters. The van der Waals surface area contributed by atoms with Crippen LogP contribution in [-0.4, -0.2) is 14.5 Å². The number of rotatable bonds is 2. The molecule has 3 aromatic rings. The van der Waals surface area contributed by atoms with Gasteiger partial charge >= 0.3 is 5.69 Å². The Hall–Kier alpha value is -2.63. The van der Waals surface area contributed by atoms with Gasteiger partial charge in [0.25, 0.3) is 5.56 Å². The molecule has 2 heterocycles. The fourth-order valence-corrected chi connectivity index (χ4v) is 1.70. The van der Waals surface area contributed by atoms with Crippen molar-refractivity contribution >= 4 is 11.1 Å². The van der Waals surface area contributed by atoms with E-state index in [-0.39, 0.29) is 6.54 Å². The van der Waals surface area contributed by atoms with Crippen LogP contribution in [0.3, 0.4) is 0 Å². The first-order valence-electron chi connectivity index (χ1n) is 5.36. The molecule has 0 radical (unpaired) electrons. The molecule has 6 nitrogen and oxygen atoms in total. The molecule has 0 bridgehead atoms. The van der Waals surface area contributed by atoms with Gasteiger partial charge in [-0.05, 0) is 12.1 Å². The summed E-state index contributed by atoms with van der Waals surface area (Å²) in [6, 6.07) is 8.63. The summed E-state index contributed by atoms with van der Waals surface area (Å²) in [5.41, 5.74) is 0.508. The van der Waals surface area contributed by atoms with Crippen LogP contribution in [0.5, 0.6) is 0 Å². The van der Waals surface area contributed by atoms with Crippen molar-refractivity contribution in [3.05, 3.63) is 63.3 Å². The van der Waals surface area contributed by atoms with Crippen molar-refractivity contribution in [1.82, 2.24) is 14.5 Å². The van der Waals surface area contributed by atoms with Crippen molar-refractivity contribution in [2.45, 2.75) is 6.54 Å². The van der Waals surface area contributed by atoms with Gasteiger partial charge in [0.2, 0.25) is 5.89 Å². The highest BCUT2D eigenvalue weighted by Gasteiger charge is 2.06. The molecule has 0 aliphatic carbocycles. The first-order valence-corrected chi connectivity index (χ1v) is 5.36. The lowest BCUT2D eigenvalue weighted by Crippen LogP contribution is -2.28. The number of aromatic nitrogens is 3. The second kappa shape index (κ2) is 3.99. The summed E-state index contributed by atoms with van der Waals surface area (Å²) in [4.78, 5) is 28.9. The topological polar surface area (TPSA) is 80.9 Å². The summed E-state index contributed by atoms with van der Waals surface area (Å²) < 4.78 is 6.82. The zero-order valence-corrected chi connectivity index (χ0v) is 9.29. The molecule has 0 saturated heterocycles. The zero-order chi connectivity index (χ0) is 12.5. The molecule has 2 aromatic heterocycles. The summed E-state index contributed by atoms with van der Waals surface area (Å²) >= 11 is 0. The van der Waals surface area contributed by atoms with E-state index >= 15 is 0 Å². The molecule has 3 rings (SSSR count). The van der Waals surface area contributed by atoms with Gasteiger partial charge in [-0.15, -0.1) is 0 Å². The number of aromatic amines is 1.